The van der Waals surface area contributed by atoms with E-state index >= 15 is 0 Å². The molecule has 0 fully saturated rings. The highest BCUT2D eigenvalue weighted by Gasteiger charge is 2.42. The van der Waals surface area contributed by atoms with Crippen LogP contribution in [0, 0.1) is 16.6 Å². The molecular weight excluding hydrogens is 295 g/mol. The largest absolute Gasteiger partial charge is 0.207 e. The van der Waals surface area contributed by atoms with Gasteiger partial charge < -0.3 is 0 Å². The highest BCUT2D eigenvalue weighted by atomic mass is 35.5. The highest BCUT2D eigenvalue weighted by Crippen LogP contribution is 2.50. The number of benzene rings is 1. The zero-order valence-corrected chi connectivity index (χ0v) is 15.2. The smallest absolute Gasteiger partial charge is 0.123 e. The fourth-order valence-electron chi connectivity index (χ4n) is 2.64. The first-order valence-electron chi connectivity index (χ1n) is 7.81. The fraction of sp³-hybridized carbons (Fsp3) is 0.500. The van der Waals surface area contributed by atoms with Crippen LogP contribution in [0.1, 0.15) is 53.5 Å². The molecule has 0 saturated carbocycles. The summed E-state index contributed by atoms with van der Waals surface area (Å²) in [7, 11) is 0. The predicted molar refractivity (Wildman–Crippen MR) is 94.6 cm³/mol. The van der Waals surface area contributed by atoms with Gasteiger partial charge in [-0.05, 0) is 46.1 Å². The van der Waals surface area contributed by atoms with Crippen molar-refractivity contribution in [1.29, 1.82) is 0 Å². The number of hydrogen-bond acceptors (Lipinski definition) is 0. The maximum Gasteiger partial charge on any atom is 0.123 e. The Bertz CT molecular complexity index is 626. The molecule has 1 aliphatic rings. The molecule has 1 unspecified atom stereocenters. The Kier molecular flexibility index (Phi) is 4.34. The molecule has 0 saturated heterocycles. The Labute approximate surface area is 139 Å². The van der Waals surface area contributed by atoms with Gasteiger partial charge in [0.25, 0.3) is 0 Å². The Morgan fingerprint density at radius 2 is 1.73 bits per heavy atom. The van der Waals surface area contributed by atoms with Crippen LogP contribution in [0.5, 0.6) is 0 Å². The van der Waals surface area contributed by atoms with Crippen molar-refractivity contribution >= 4 is 17.2 Å². The Balaban J connectivity index is 2.57. The van der Waals surface area contributed by atoms with E-state index in [1.54, 1.807) is 12.1 Å². The summed E-state index contributed by atoms with van der Waals surface area (Å²) in [6.45, 7) is 13.0. The summed E-state index contributed by atoms with van der Waals surface area (Å²) >= 11 is 7.03. The minimum absolute atomic E-state index is 0.00435. The molecule has 0 aliphatic heterocycles. The lowest BCUT2D eigenvalue weighted by atomic mass is 9.69. The van der Waals surface area contributed by atoms with Crippen LogP contribution in [0.4, 0.5) is 4.39 Å². The Hall–Kier alpha value is -1.08. The van der Waals surface area contributed by atoms with Gasteiger partial charge in [-0.15, -0.1) is 11.6 Å². The second-order valence-corrected chi connectivity index (χ2v) is 8.99. The van der Waals surface area contributed by atoms with Gasteiger partial charge in [-0.1, -0.05) is 65.8 Å². The maximum absolute atomic E-state index is 13.6. The van der Waals surface area contributed by atoms with Crippen LogP contribution in [0.2, 0.25) is 0 Å². The zero-order valence-electron chi connectivity index (χ0n) is 14.4. The summed E-state index contributed by atoms with van der Waals surface area (Å²) in [6.07, 6.45) is 5.10. The van der Waals surface area contributed by atoms with E-state index in [1.807, 2.05) is 6.07 Å². The standard InChI is InChI=1S/C20H26ClF/c1-18(2,3)16-10-15(14-8-7-9-17(22)11-14)12-20(21,13-16)19(4,5)6/h7-11,13H,12H2,1-6H3. The van der Waals surface area contributed by atoms with Crippen molar-refractivity contribution in [3.63, 3.8) is 0 Å². The lowest BCUT2D eigenvalue weighted by Gasteiger charge is -2.42. The third kappa shape index (κ3) is 3.46. The molecule has 2 heteroatoms. The summed E-state index contributed by atoms with van der Waals surface area (Å²) < 4.78 is 13.6. The summed E-state index contributed by atoms with van der Waals surface area (Å²) in [4.78, 5) is -0.466. The van der Waals surface area contributed by atoms with Crippen LogP contribution < -0.4 is 0 Å². The Morgan fingerprint density at radius 3 is 2.23 bits per heavy atom. The molecule has 0 amide bonds. The van der Waals surface area contributed by atoms with Gasteiger partial charge in [0.05, 0.1) is 4.87 Å². The molecule has 0 aromatic heterocycles. The Morgan fingerprint density at radius 1 is 1.09 bits per heavy atom. The van der Waals surface area contributed by atoms with Gasteiger partial charge in [0.1, 0.15) is 5.82 Å². The van der Waals surface area contributed by atoms with Crippen molar-refractivity contribution in [3.05, 3.63) is 53.4 Å². The topological polar surface area (TPSA) is 0 Å². The number of alkyl halides is 1. The average molecular weight is 321 g/mol. The van der Waals surface area contributed by atoms with Crippen LogP contribution in [0.3, 0.4) is 0 Å². The van der Waals surface area contributed by atoms with Crippen molar-refractivity contribution < 1.29 is 4.39 Å². The molecule has 1 atom stereocenters. The molecule has 0 spiro atoms. The first-order chi connectivity index (χ1) is 9.92. The number of hydrogen-bond donors (Lipinski definition) is 0. The molecule has 2 rings (SSSR count). The van der Waals surface area contributed by atoms with Crippen LogP contribution >= 0.6 is 11.6 Å². The molecule has 1 aromatic rings. The number of allylic oxidation sites excluding steroid dienone is 4. The number of rotatable bonds is 1. The third-order valence-electron chi connectivity index (χ3n) is 4.47. The normalized spacial score (nSPS) is 23.1. The molecule has 0 nitrogen and oxygen atoms in total. The van der Waals surface area contributed by atoms with Crippen LogP contribution in [-0.2, 0) is 0 Å². The summed E-state index contributed by atoms with van der Waals surface area (Å²) in [5.74, 6) is -0.207. The van der Waals surface area contributed by atoms with E-state index in [0.29, 0.717) is 6.42 Å². The molecule has 1 aliphatic carbocycles. The summed E-state index contributed by atoms with van der Waals surface area (Å²) in [6, 6.07) is 6.79. The molecule has 0 radical (unpaired) electrons. The molecule has 0 N–H and O–H groups in total. The van der Waals surface area contributed by atoms with Crippen molar-refractivity contribution in [1.82, 2.24) is 0 Å². The molecule has 22 heavy (non-hydrogen) atoms. The first-order valence-corrected chi connectivity index (χ1v) is 8.19. The summed E-state index contributed by atoms with van der Waals surface area (Å²) in [5, 5.41) is 0. The minimum Gasteiger partial charge on any atom is -0.207 e. The van der Waals surface area contributed by atoms with Crippen LogP contribution in [-0.4, -0.2) is 4.87 Å². The van der Waals surface area contributed by atoms with Crippen molar-refractivity contribution in [2.24, 2.45) is 10.8 Å². The first kappa shape index (κ1) is 17.3. The summed E-state index contributed by atoms with van der Waals surface area (Å²) in [5.41, 5.74) is 3.16. The van der Waals surface area contributed by atoms with Crippen LogP contribution in [0.25, 0.3) is 5.57 Å². The molecule has 1 aromatic carbocycles. The van der Waals surface area contributed by atoms with E-state index < -0.39 is 4.87 Å². The van der Waals surface area contributed by atoms with Gasteiger partial charge in [-0.2, -0.15) is 0 Å². The van der Waals surface area contributed by atoms with Crippen LogP contribution in [0.15, 0.2) is 42.0 Å². The second kappa shape index (κ2) is 5.53. The lowest BCUT2D eigenvalue weighted by molar-refractivity contribution is 0.319. The average Bonchev–Trinajstić information content (AvgIpc) is 2.35. The van der Waals surface area contributed by atoms with E-state index in [4.69, 9.17) is 11.6 Å². The monoisotopic (exact) mass is 320 g/mol. The van der Waals surface area contributed by atoms with Gasteiger partial charge in [-0.25, -0.2) is 4.39 Å². The SMILES string of the molecule is CC(C)(C)C1=CC(Cl)(C(C)(C)C)CC(c2cccc(F)c2)=C1. The van der Waals surface area contributed by atoms with Crippen molar-refractivity contribution in [3.8, 4) is 0 Å². The number of halogens is 2. The maximum atomic E-state index is 13.6. The van der Waals surface area contributed by atoms with E-state index in [2.05, 4.69) is 53.7 Å². The molecule has 120 valence electrons. The highest BCUT2D eigenvalue weighted by molar-refractivity contribution is 6.26. The quantitative estimate of drug-likeness (QED) is 0.511. The van der Waals surface area contributed by atoms with Gasteiger partial charge in [0, 0.05) is 0 Å². The molecule has 0 heterocycles. The van der Waals surface area contributed by atoms with E-state index in [0.717, 1.165) is 11.1 Å². The molecular formula is C20H26ClF. The van der Waals surface area contributed by atoms with Crippen molar-refractivity contribution in [2.75, 3.05) is 0 Å². The second-order valence-electron chi connectivity index (χ2n) is 8.32. The predicted octanol–water partition coefficient (Wildman–Crippen LogP) is 6.61. The van der Waals surface area contributed by atoms with E-state index in [1.165, 1.54) is 11.6 Å². The van der Waals surface area contributed by atoms with Gasteiger partial charge in [0.15, 0.2) is 0 Å². The van der Waals surface area contributed by atoms with E-state index in [9.17, 15) is 4.39 Å². The van der Waals surface area contributed by atoms with Gasteiger partial charge >= 0.3 is 0 Å². The molecule has 0 bridgehead atoms. The van der Waals surface area contributed by atoms with E-state index in [-0.39, 0.29) is 16.6 Å². The minimum atomic E-state index is -0.466. The fourth-order valence-corrected chi connectivity index (χ4v) is 2.90. The van der Waals surface area contributed by atoms with Gasteiger partial charge in [-0.3, -0.25) is 0 Å². The zero-order chi connectivity index (χ0) is 16.8. The van der Waals surface area contributed by atoms with Gasteiger partial charge in [0.2, 0.25) is 0 Å². The third-order valence-corrected chi connectivity index (χ3v) is 5.28. The lowest BCUT2D eigenvalue weighted by Crippen LogP contribution is -2.38. The van der Waals surface area contributed by atoms with Crippen molar-refractivity contribution in [2.45, 2.75) is 52.8 Å².